The molecule has 6 heteroatoms. The third-order valence-corrected chi connectivity index (χ3v) is 2.66. The lowest BCUT2D eigenvalue weighted by atomic mass is 9.79. The van der Waals surface area contributed by atoms with Gasteiger partial charge in [-0.3, -0.25) is 0 Å². The maximum absolute atomic E-state index is 11.4. The SMILES string of the molecule is COC(=O)c1cccc(B2OCC(C)(C)CO2)n1. The quantitative estimate of drug-likeness (QED) is 0.568. The van der Waals surface area contributed by atoms with E-state index >= 15 is 0 Å². The molecule has 0 radical (unpaired) electrons. The minimum Gasteiger partial charge on any atom is -0.464 e. The molecule has 0 unspecified atom stereocenters. The summed E-state index contributed by atoms with van der Waals surface area (Å²) >= 11 is 0. The molecule has 5 nitrogen and oxygen atoms in total. The molecular weight excluding hydrogens is 233 g/mol. The molecule has 0 saturated carbocycles. The summed E-state index contributed by atoms with van der Waals surface area (Å²) < 4.78 is 15.9. The molecular formula is C12H16BNO4. The Kier molecular flexibility index (Phi) is 3.68. The van der Waals surface area contributed by atoms with Crippen LogP contribution in [0.1, 0.15) is 24.3 Å². The lowest BCUT2D eigenvalue weighted by Crippen LogP contribution is -2.48. The number of ether oxygens (including phenoxy) is 1. The monoisotopic (exact) mass is 249 g/mol. The first-order valence-electron chi connectivity index (χ1n) is 5.80. The van der Waals surface area contributed by atoms with E-state index in [1.165, 1.54) is 7.11 Å². The fourth-order valence-electron chi connectivity index (χ4n) is 1.66. The van der Waals surface area contributed by atoms with E-state index in [9.17, 15) is 4.79 Å². The van der Waals surface area contributed by atoms with E-state index in [1.807, 2.05) is 0 Å². The smallest absolute Gasteiger partial charge is 0.464 e. The molecule has 0 N–H and O–H groups in total. The van der Waals surface area contributed by atoms with Gasteiger partial charge in [-0.15, -0.1) is 0 Å². The van der Waals surface area contributed by atoms with E-state index in [1.54, 1.807) is 18.2 Å². The first-order chi connectivity index (χ1) is 8.52. The van der Waals surface area contributed by atoms with Crippen molar-refractivity contribution < 1.29 is 18.8 Å². The van der Waals surface area contributed by atoms with E-state index in [2.05, 4.69) is 23.6 Å². The second-order valence-corrected chi connectivity index (χ2v) is 5.06. The van der Waals surface area contributed by atoms with E-state index in [4.69, 9.17) is 9.31 Å². The summed E-state index contributed by atoms with van der Waals surface area (Å²) in [6.07, 6.45) is 0. The second kappa shape index (κ2) is 5.08. The Morgan fingerprint density at radius 1 is 1.39 bits per heavy atom. The average molecular weight is 249 g/mol. The Morgan fingerprint density at radius 3 is 2.67 bits per heavy atom. The van der Waals surface area contributed by atoms with Gasteiger partial charge >= 0.3 is 13.1 Å². The van der Waals surface area contributed by atoms with Gasteiger partial charge in [0.15, 0.2) is 0 Å². The number of esters is 1. The van der Waals surface area contributed by atoms with Crippen LogP contribution in [-0.2, 0) is 14.0 Å². The number of hydrogen-bond acceptors (Lipinski definition) is 5. The van der Waals surface area contributed by atoms with Crippen molar-refractivity contribution in [3.05, 3.63) is 23.9 Å². The summed E-state index contributed by atoms with van der Waals surface area (Å²) in [5, 5.41) is 0. The number of methoxy groups -OCH3 is 1. The number of aromatic nitrogens is 1. The maximum Gasteiger partial charge on any atom is 0.513 e. The van der Waals surface area contributed by atoms with Crippen LogP contribution >= 0.6 is 0 Å². The van der Waals surface area contributed by atoms with E-state index in [0.29, 0.717) is 18.8 Å². The normalized spacial score (nSPS) is 18.5. The third-order valence-electron chi connectivity index (χ3n) is 2.66. The number of carbonyl (C=O) groups is 1. The summed E-state index contributed by atoms with van der Waals surface area (Å²) in [7, 11) is 0.815. The fourth-order valence-corrected chi connectivity index (χ4v) is 1.66. The van der Waals surface area contributed by atoms with E-state index in [-0.39, 0.29) is 11.1 Å². The summed E-state index contributed by atoms with van der Waals surface area (Å²) in [6, 6.07) is 5.11. The second-order valence-electron chi connectivity index (χ2n) is 5.06. The fraction of sp³-hybridized carbons (Fsp3) is 0.500. The molecule has 96 valence electrons. The minimum absolute atomic E-state index is 0.0104. The highest BCUT2D eigenvalue weighted by atomic mass is 16.6. The third kappa shape index (κ3) is 2.89. The minimum atomic E-state index is -0.511. The van der Waals surface area contributed by atoms with Crippen molar-refractivity contribution in [3.8, 4) is 0 Å². The van der Waals surface area contributed by atoms with Crippen molar-refractivity contribution in [1.29, 1.82) is 0 Å². The topological polar surface area (TPSA) is 57.7 Å². The number of nitrogens with zero attached hydrogens (tertiary/aromatic N) is 1. The lowest BCUT2D eigenvalue weighted by molar-refractivity contribution is 0.0339. The highest BCUT2D eigenvalue weighted by molar-refractivity contribution is 6.60. The first kappa shape index (κ1) is 13.0. The standard InChI is InChI=1S/C12H16BNO4/c1-12(2)7-17-13(18-8-12)10-6-4-5-9(14-10)11(15)16-3/h4-6H,7-8H2,1-3H3. The van der Waals surface area contributed by atoms with Gasteiger partial charge in [0.05, 0.1) is 12.7 Å². The van der Waals surface area contributed by atoms with Crippen molar-refractivity contribution in [2.75, 3.05) is 20.3 Å². The molecule has 0 atom stereocenters. The molecule has 0 bridgehead atoms. The lowest BCUT2D eigenvalue weighted by Gasteiger charge is -2.32. The Bertz CT molecular complexity index is 439. The molecule has 2 heterocycles. The van der Waals surface area contributed by atoms with Gasteiger partial charge in [0.2, 0.25) is 0 Å². The molecule has 1 saturated heterocycles. The number of carbonyl (C=O) groups excluding carboxylic acids is 1. The van der Waals surface area contributed by atoms with Crippen molar-refractivity contribution >= 4 is 18.7 Å². The highest BCUT2D eigenvalue weighted by Gasteiger charge is 2.34. The van der Waals surface area contributed by atoms with Crippen LogP contribution in [0.15, 0.2) is 18.2 Å². The van der Waals surface area contributed by atoms with E-state index < -0.39 is 13.1 Å². The summed E-state index contributed by atoms with van der Waals surface area (Å²) in [4.78, 5) is 15.6. The van der Waals surface area contributed by atoms with Crippen molar-refractivity contribution in [3.63, 3.8) is 0 Å². The zero-order valence-electron chi connectivity index (χ0n) is 10.8. The first-order valence-corrected chi connectivity index (χ1v) is 5.80. The Morgan fingerprint density at radius 2 is 2.06 bits per heavy atom. The number of rotatable bonds is 2. The van der Waals surface area contributed by atoms with Gasteiger partial charge in [0.1, 0.15) is 5.69 Å². The predicted molar refractivity (Wildman–Crippen MR) is 66.6 cm³/mol. The van der Waals surface area contributed by atoms with Crippen LogP contribution in [0, 0.1) is 5.41 Å². The zero-order chi connectivity index (χ0) is 13.2. The number of pyridine rings is 1. The van der Waals surface area contributed by atoms with Crippen LogP contribution in [0.2, 0.25) is 0 Å². The highest BCUT2D eigenvalue weighted by Crippen LogP contribution is 2.21. The summed E-state index contributed by atoms with van der Waals surface area (Å²) in [5.41, 5.74) is 0.858. The van der Waals surface area contributed by atoms with Crippen LogP contribution in [0.3, 0.4) is 0 Å². The Labute approximate surface area is 107 Å². The maximum atomic E-state index is 11.4. The van der Waals surface area contributed by atoms with Crippen LogP contribution in [0.4, 0.5) is 0 Å². The van der Waals surface area contributed by atoms with Crippen LogP contribution < -0.4 is 5.59 Å². The van der Waals surface area contributed by atoms with Gasteiger partial charge in [-0.05, 0) is 12.1 Å². The van der Waals surface area contributed by atoms with Crippen LogP contribution in [0.5, 0.6) is 0 Å². The summed E-state index contributed by atoms with van der Waals surface area (Å²) in [5.74, 6) is -0.465. The Balaban J connectivity index is 2.12. The zero-order valence-corrected chi connectivity index (χ0v) is 10.8. The van der Waals surface area contributed by atoms with Crippen molar-refractivity contribution in [2.45, 2.75) is 13.8 Å². The predicted octanol–water partition coefficient (Wildman–Crippen LogP) is 0.636. The van der Waals surface area contributed by atoms with E-state index in [0.717, 1.165) is 0 Å². The van der Waals surface area contributed by atoms with Crippen LogP contribution in [-0.4, -0.2) is 38.4 Å². The summed E-state index contributed by atoms with van der Waals surface area (Å²) in [6.45, 7) is 5.34. The van der Waals surface area contributed by atoms with Crippen molar-refractivity contribution in [2.24, 2.45) is 5.41 Å². The molecule has 1 fully saturated rings. The molecule has 0 amide bonds. The largest absolute Gasteiger partial charge is 0.513 e. The van der Waals surface area contributed by atoms with Crippen LogP contribution in [0.25, 0.3) is 0 Å². The van der Waals surface area contributed by atoms with Crippen molar-refractivity contribution in [1.82, 2.24) is 4.98 Å². The van der Waals surface area contributed by atoms with Gasteiger partial charge in [-0.25, -0.2) is 9.78 Å². The molecule has 1 aromatic rings. The van der Waals surface area contributed by atoms with Gasteiger partial charge in [0, 0.05) is 18.6 Å². The average Bonchev–Trinajstić information content (AvgIpc) is 2.38. The molecule has 1 aromatic heterocycles. The molecule has 1 aliphatic heterocycles. The van der Waals surface area contributed by atoms with Gasteiger partial charge in [-0.1, -0.05) is 19.9 Å². The molecule has 1 aliphatic rings. The Hall–Kier alpha value is -1.40. The number of hydrogen-bond donors (Lipinski definition) is 0. The molecule has 18 heavy (non-hydrogen) atoms. The molecule has 0 spiro atoms. The molecule has 0 aliphatic carbocycles. The van der Waals surface area contributed by atoms with Gasteiger partial charge < -0.3 is 14.0 Å². The molecule has 2 rings (SSSR count). The van der Waals surface area contributed by atoms with Gasteiger partial charge in [-0.2, -0.15) is 0 Å². The van der Waals surface area contributed by atoms with Gasteiger partial charge in [0.25, 0.3) is 0 Å². The molecule has 0 aromatic carbocycles.